The van der Waals surface area contributed by atoms with Gasteiger partial charge in [0.1, 0.15) is 0 Å². The van der Waals surface area contributed by atoms with Gasteiger partial charge in [-0.25, -0.2) is 0 Å². The molecule has 1 spiro atoms. The molecule has 2 aliphatic heterocycles. The van der Waals surface area contributed by atoms with E-state index in [4.69, 9.17) is 0 Å². The highest BCUT2D eigenvalue weighted by atomic mass is 19.4. The van der Waals surface area contributed by atoms with E-state index in [1.807, 2.05) is 4.90 Å². The first-order chi connectivity index (χ1) is 9.99. The fraction of sp³-hybridized carbons (Fsp3) is 0.667. The molecule has 0 atom stereocenters. The molecule has 1 N–H and O–H groups in total. The van der Waals surface area contributed by atoms with Gasteiger partial charge in [-0.15, -0.1) is 0 Å². The molecule has 2 aliphatic rings. The van der Waals surface area contributed by atoms with Crippen LogP contribution in [-0.2, 0) is 6.18 Å². The van der Waals surface area contributed by atoms with Crippen molar-refractivity contribution in [3.05, 3.63) is 24.0 Å². The first kappa shape index (κ1) is 14.6. The molecule has 3 rings (SSSR count). The molecule has 0 unspecified atom stereocenters. The minimum atomic E-state index is -4.32. The second-order valence-corrected chi connectivity index (χ2v) is 6.17. The molecule has 3 heterocycles. The van der Waals surface area contributed by atoms with Gasteiger partial charge in [-0.3, -0.25) is 4.98 Å². The lowest BCUT2D eigenvalue weighted by Crippen LogP contribution is -2.45. The predicted molar refractivity (Wildman–Crippen MR) is 75.2 cm³/mol. The lowest BCUT2D eigenvalue weighted by molar-refractivity contribution is -0.137. The highest BCUT2D eigenvalue weighted by Gasteiger charge is 2.36. The van der Waals surface area contributed by atoms with Gasteiger partial charge >= 0.3 is 6.18 Å². The molecule has 0 bridgehead atoms. The topological polar surface area (TPSA) is 28.2 Å². The largest absolute Gasteiger partial charge is 0.417 e. The Hall–Kier alpha value is -1.30. The molecule has 0 aliphatic carbocycles. The summed E-state index contributed by atoms with van der Waals surface area (Å²) in [6, 6.07) is 1.22. The van der Waals surface area contributed by atoms with Crippen molar-refractivity contribution >= 4 is 5.69 Å². The summed E-state index contributed by atoms with van der Waals surface area (Å²) in [6.45, 7) is 3.77. The lowest BCUT2D eigenvalue weighted by atomic mass is 9.71. The Morgan fingerprint density at radius 3 is 2.33 bits per heavy atom. The molecule has 21 heavy (non-hydrogen) atoms. The van der Waals surface area contributed by atoms with Crippen LogP contribution in [0.5, 0.6) is 0 Å². The predicted octanol–water partition coefficient (Wildman–Crippen LogP) is 3.07. The molecule has 2 saturated heterocycles. The smallest absolute Gasteiger partial charge is 0.370 e. The molecule has 0 aromatic carbocycles. The summed E-state index contributed by atoms with van der Waals surface area (Å²) in [5.74, 6) is 0. The van der Waals surface area contributed by atoms with Crippen LogP contribution in [-0.4, -0.2) is 31.2 Å². The summed E-state index contributed by atoms with van der Waals surface area (Å²) in [5, 5.41) is 3.37. The molecule has 2 fully saturated rings. The molecule has 1 aromatic heterocycles. The number of nitrogens with one attached hydrogen (secondary N) is 1. The average Bonchev–Trinajstić information content (AvgIpc) is 2.48. The highest BCUT2D eigenvalue weighted by molar-refractivity contribution is 5.47. The van der Waals surface area contributed by atoms with Crippen LogP contribution < -0.4 is 10.2 Å². The number of halogens is 3. The average molecular weight is 299 g/mol. The zero-order valence-electron chi connectivity index (χ0n) is 11.9. The molecular formula is C15H20F3N3. The minimum Gasteiger partial charge on any atom is -0.370 e. The van der Waals surface area contributed by atoms with Crippen LogP contribution >= 0.6 is 0 Å². The van der Waals surface area contributed by atoms with Crippen LogP contribution in [0, 0.1) is 5.41 Å². The lowest BCUT2D eigenvalue weighted by Gasteiger charge is -2.45. The minimum absolute atomic E-state index is 0.400. The van der Waals surface area contributed by atoms with Crippen molar-refractivity contribution in [1.82, 2.24) is 10.3 Å². The van der Waals surface area contributed by atoms with Crippen LogP contribution in [0.25, 0.3) is 0 Å². The van der Waals surface area contributed by atoms with E-state index in [9.17, 15) is 13.2 Å². The van der Waals surface area contributed by atoms with E-state index in [0.717, 1.165) is 45.2 Å². The Morgan fingerprint density at radius 1 is 1.05 bits per heavy atom. The summed E-state index contributed by atoms with van der Waals surface area (Å²) in [6.07, 6.45) is 2.59. The second kappa shape index (κ2) is 5.48. The van der Waals surface area contributed by atoms with Crippen LogP contribution in [0.15, 0.2) is 18.5 Å². The fourth-order valence-corrected chi connectivity index (χ4v) is 3.45. The van der Waals surface area contributed by atoms with Crippen LogP contribution in [0.2, 0.25) is 0 Å². The van der Waals surface area contributed by atoms with Crippen molar-refractivity contribution in [3.63, 3.8) is 0 Å². The number of hydrogen-bond acceptors (Lipinski definition) is 3. The van der Waals surface area contributed by atoms with E-state index in [0.29, 0.717) is 11.1 Å². The van der Waals surface area contributed by atoms with E-state index in [1.54, 1.807) is 0 Å². The van der Waals surface area contributed by atoms with Crippen LogP contribution in [0.3, 0.4) is 0 Å². The van der Waals surface area contributed by atoms with E-state index in [2.05, 4.69) is 10.3 Å². The Bertz CT molecular complexity index is 485. The third-order valence-electron chi connectivity index (χ3n) is 4.90. The Balaban J connectivity index is 1.69. The quantitative estimate of drug-likeness (QED) is 0.864. The van der Waals surface area contributed by atoms with Gasteiger partial charge in [0.15, 0.2) is 0 Å². The monoisotopic (exact) mass is 299 g/mol. The van der Waals surface area contributed by atoms with Gasteiger partial charge in [-0.2, -0.15) is 13.2 Å². The number of pyridine rings is 1. The van der Waals surface area contributed by atoms with Gasteiger partial charge in [-0.1, -0.05) is 0 Å². The van der Waals surface area contributed by atoms with Crippen molar-refractivity contribution < 1.29 is 13.2 Å². The number of aromatic nitrogens is 1. The Morgan fingerprint density at radius 2 is 1.71 bits per heavy atom. The fourth-order valence-electron chi connectivity index (χ4n) is 3.45. The molecular weight excluding hydrogens is 279 g/mol. The zero-order chi connectivity index (χ0) is 14.9. The standard InChI is InChI=1S/C15H20F3N3/c16-15(17,18)12-9-13(11-20-10-12)21-7-3-14(4-8-21)1-5-19-6-2-14/h9-11,19H,1-8H2. The maximum atomic E-state index is 12.8. The molecule has 0 saturated carbocycles. The summed E-state index contributed by atoms with van der Waals surface area (Å²) in [5.41, 5.74) is 0.326. The van der Waals surface area contributed by atoms with Gasteiger partial charge in [0.05, 0.1) is 17.4 Å². The van der Waals surface area contributed by atoms with E-state index in [-0.39, 0.29) is 0 Å². The Labute approximate surface area is 122 Å². The summed E-state index contributed by atoms with van der Waals surface area (Å²) in [7, 11) is 0. The molecule has 1 aromatic rings. The first-order valence-corrected chi connectivity index (χ1v) is 7.47. The molecule has 6 heteroatoms. The van der Waals surface area contributed by atoms with Crippen LogP contribution in [0.1, 0.15) is 31.2 Å². The maximum Gasteiger partial charge on any atom is 0.417 e. The van der Waals surface area contributed by atoms with Gasteiger partial charge < -0.3 is 10.2 Å². The van der Waals surface area contributed by atoms with Crippen molar-refractivity contribution in [3.8, 4) is 0 Å². The van der Waals surface area contributed by atoms with Crippen molar-refractivity contribution in [1.29, 1.82) is 0 Å². The number of alkyl halides is 3. The Kier molecular flexibility index (Phi) is 3.82. The maximum absolute atomic E-state index is 12.8. The molecule has 0 radical (unpaired) electrons. The zero-order valence-corrected chi connectivity index (χ0v) is 11.9. The van der Waals surface area contributed by atoms with Crippen molar-refractivity contribution in [2.45, 2.75) is 31.9 Å². The number of piperidine rings is 2. The third kappa shape index (κ3) is 3.15. The number of nitrogens with zero attached hydrogens (tertiary/aromatic N) is 2. The second-order valence-electron chi connectivity index (χ2n) is 6.17. The summed E-state index contributed by atoms with van der Waals surface area (Å²) >= 11 is 0. The first-order valence-electron chi connectivity index (χ1n) is 7.47. The van der Waals surface area contributed by atoms with Gasteiger partial charge in [-0.05, 0) is 50.3 Å². The summed E-state index contributed by atoms with van der Waals surface area (Å²) in [4.78, 5) is 5.80. The van der Waals surface area contributed by atoms with Crippen molar-refractivity contribution in [2.24, 2.45) is 5.41 Å². The summed E-state index contributed by atoms with van der Waals surface area (Å²) < 4.78 is 38.3. The van der Waals surface area contributed by atoms with Gasteiger partial charge in [0.2, 0.25) is 0 Å². The third-order valence-corrected chi connectivity index (χ3v) is 4.90. The van der Waals surface area contributed by atoms with Crippen LogP contribution in [0.4, 0.5) is 18.9 Å². The highest BCUT2D eigenvalue weighted by Crippen LogP contribution is 2.41. The molecule has 3 nitrogen and oxygen atoms in total. The number of anilines is 1. The SMILES string of the molecule is FC(F)(F)c1cncc(N2CCC3(CCNCC3)CC2)c1. The molecule has 0 amide bonds. The van der Waals surface area contributed by atoms with E-state index in [1.165, 1.54) is 25.1 Å². The normalized spacial score (nSPS) is 22.5. The van der Waals surface area contributed by atoms with E-state index >= 15 is 0 Å². The van der Waals surface area contributed by atoms with Gasteiger partial charge in [0.25, 0.3) is 0 Å². The van der Waals surface area contributed by atoms with Gasteiger partial charge in [0, 0.05) is 19.3 Å². The number of rotatable bonds is 1. The van der Waals surface area contributed by atoms with Crippen molar-refractivity contribution in [2.75, 3.05) is 31.1 Å². The van der Waals surface area contributed by atoms with E-state index < -0.39 is 11.7 Å². The number of hydrogen-bond donors (Lipinski definition) is 1. The molecule has 116 valence electrons.